The average molecular weight is 184 g/mol. The fourth-order valence-electron chi connectivity index (χ4n) is 0.581. The van der Waals surface area contributed by atoms with E-state index in [1.165, 1.54) is 0 Å². The lowest BCUT2D eigenvalue weighted by atomic mass is 10.3. The molecule has 0 atom stereocenters. The monoisotopic (exact) mass is 184 g/mol. The fourth-order valence-corrected chi connectivity index (χ4v) is 0.581. The van der Waals surface area contributed by atoms with Crippen LogP contribution in [0.15, 0.2) is 12.3 Å². The number of rotatable bonds is 1. The van der Waals surface area contributed by atoms with Crippen molar-refractivity contribution in [2.24, 2.45) is 0 Å². The number of nitrogens with zero attached hydrogens (tertiary/aromatic N) is 1. The van der Waals surface area contributed by atoms with Crippen LogP contribution in [0, 0.1) is 0 Å². The van der Waals surface area contributed by atoms with E-state index >= 15 is 0 Å². The van der Waals surface area contributed by atoms with Crippen molar-refractivity contribution in [2.75, 3.05) is 5.73 Å². The molecule has 1 rings (SSSR count). The lowest BCUT2D eigenvalue weighted by Gasteiger charge is -1.97. The SMILES string of the molecule is CC.Nc1cc(C(=O)O)ncc1O. The Balaban J connectivity index is 0.000000671. The summed E-state index contributed by atoms with van der Waals surface area (Å²) in [5.41, 5.74) is 5.04. The highest BCUT2D eigenvalue weighted by Crippen LogP contribution is 2.17. The third-order valence-electron chi connectivity index (χ3n) is 1.13. The molecule has 1 aromatic heterocycles. The molecule has 0 spiro atoms. The number of hydrogen-bond acceptors (Lipinski definition) is 4. The molecule has 5 nitrogen and oxygen atoms in total. The van der Waals surface area contributed by atoms with Gasteiger partial charge >= 0.3 is 5.97 Å². The van der Waals surface area contributed by atoms with Gasteiger partial charge in [0.05, 0.1) is 11.9 Å². The molecular weight excluding hydrogens is 172 g/mol. The van der Waals surface area contributed by atoms with E-state index in [9.17, 15) is 4.79 Å². The van der Waals surface area contributed by atoms with Crippen molar-refractivity contribution < 1.29 is 15.0 Å². The van der Waals surface area contributed by atoms with E-state index in [2.05, 4.69) is 4.98 Å². The molecule has 0 aliphatic rings. The van der Waals surface area contributed by atoms with Gasteiger partial charge in [0.2, 0.25) is 0 Å². The molecule has 4 N–H and O–H groups in total. The highest BCUT2D eigenvalue weighted by Gasteiger charge is 2.05. The summed E-state index contributed by atoms with van der Waals surface area (Å²) in [6.45, 7) is 4.00. The first kappa shape index (κ1) is 11.2. The Morgan fingerprint density at radius 2 is 2.08 bits per heavy atom. The Bertz CT molecular complexity index is 299. The van der Waals surface area contributed by atoms with Gasteiger partial charge in [0.15, 0.2) is 11.4 Å². The molecule has 0 aliphatic heterocycles. The molecule has 0 aromatic carbocycles. The van der Waals surface area contributed by atoms with E-state index < -0.39 is 5.97 Å². The summed E-state index contributed by atoms with van der Waals surface area (Å²) >= 11 is 0. The number of aromatic nitrogens is 1. The van der Waals surface area contributed by atoms with Crippen LogP contribution in [0.3, 0.4) is 0 Å². The van der Waals surface area contributed by atoms with Gasteiger partial charge < -0.3 is 15.9 Å². The highest BCUT2D eigenvalue weighted by molar-refractivity contribution is 5.86. The number of carboxylic acid groups (broad SMARTS) is 1. The Morgan fingerprint density at radius 1 is 1.54 bits per heavy atom. The van der Waals surface area contributed by atoms with Crippen molar-refractivity contribution in [2.45, 2.75) is 13.8 Å². The number of nitrogen functional groups attached to an aromatic ring is 1. The second kappa shape index (κ2) is 4.97. The minimum absolute atomic E-state index is 0.0115. The van der Waals surface area contributed by atoms with Gasteiger partial charge in [0.1, 0.15) is 0 Å². The zero-order valence-electron chi connectivity index (χ0n) is 7.48. The van der Waals surface area contributed by atoms with Crippen LogP contribution in [-0.2, 0) is 0 Å². The van der Waals surface area contributed by atoms with Crippen molar-refractivity contribution >= 4 is 11.7 Å². The summed E-state index contributed by atoms with van der Waals surface area (Å²) in [4.78, 5) is 13.7. The number of aromatic hydroxyl groups is 1. The van der Waals surface area contributed by atoms with E-state index in [0.29, 0.717) is 0 Å². The Kier molecular flexibility index (Phi) is 4.29. The highest BCUT2D eigenvalue weighted by atomic mass is 16.4. The first-order valence-electron chi connectivity index (χ1n) is 3.79. The van der Waals surface area contributed by atoms with Gasteiger partial charge in [0.25, 0.3) is 0 Å². The van der Waals surface area contributed by atoms with Crippen molar-refractivity contribution in [3.63, 3.8) is 0 Å². The van der Waals surface area contributed by atoms with Crippen LogP contribution >= 0.6 is 0 Å². The van der Waals surface area contributed by atoms with Crippen LogP contribution in [0.4, 0.5) is 5.69 Å². The quantitative estimate of drug-likeness (QED) is 0.607. The maximum absolute atomic E-state index is 10.3. The van der Waals surface area contributed by atoms with Crippen LogP contribution in [0.1, 0.15) is 24.3 Å². The first-order valence-corrected chi connectivity index (χ1v) is 3.79. The van der Waals surface area contributed by atoms with Crippen LogP contribution in [0.25, 0.3) is 0 Å². The van der Waals surface area contributed by atoms with Gasteiger partial charge in [-0.15, -0.1) is 0 Å². The number of aromatic carboxylic acids is 1. The lowest BCUT2D eigenvalue weighted by molar-refractivity contribution is 0.0690. The molecule has 1 heterocycles. The van der Waals surface area contributed by atoms with Crippen molar-refractivity contribution in [1.29, 1.82) is 0 Å². The largest absolute Gasteiger partial charge is 0.504 e. The number of pyridine rings is 1. The third kappa shape index (κ3) is 2.98. The van der Waals surface area contributed by atoms with Crippen LogP contribution < -0.4 is 5.73 Å². The van der Waals surface area contributed by atoms with Crippen LogP contribution in [-0.4, -0.2) is 21.2 Å². The van der Waals surface area contributed by atoms with Gasteiger partial charge in [-0.05, 0) is 6.07 Å². The maximum atomic E-state index is 10.3. The Morgan fingerprint density at radius 3 is 2.46 bits per heavy atom. The molecule has 1 aromatic rings. The molecule has 0 unspecified atom stereocenters. The smallest absolute Gasteiger partial charge is 0.354 e. The first-order chi connectivity index (χ1) is 6.11. The normalized spacial score (nSPS) is 8.46. The molecule has 0 aliphatic carbocycles. The van der Waals surface area contributed by atoms with Gasteiger partial charge in [-0.3, -0.25) is 0 Å². The maximum Gasteiger partial charge on any atom is 0.354 e. The number of carboxylic acids is 1. The minimum atomic E-state index is -1.17. The molecule has 5 heteroatoms. The Hall–Kier alpha value is -1.78. The van der Waals surface area contributed by atoms with Crippen LogP contribution in [0.2, 0.25) is 0 Å². The van der Waals surface area contributed by atoms with Crippen molar-refractivity contribution in [3.05, 3.63) is 18.0 Å². The van der Waals surface area contributed by atoms with Crippen LogP contribution in [0.5, 0.6) is 5.75 Å². The van der Waals surface area contributed by atoms with Crippen molar-refractivity contribution in [1.82, 2.24) is 4.98 Å². The molecule has 0 bridgehead atoms. The lowest BCUT2D eigenvalue weighted by Crippen LogP contribution is -2.00. The van der Waals surface area contributed by atoms with E-state index in [4.69, 9.17) is 15.9 Å². The number of hydrogen-bond donors (Lipinski definition) is 3. The molecule has 72 valence electrons. The number of nitrogens with two attached hydrogens (primary N) is 1. The second-order valence-electron chi connectivity index (χ2n) is 1.93. The predicted molar refractivity (Wildman–Crippen MR) is 48.6 cm³/mol. The molecule has 0 fully saturated rings. The van der Waals surface area contributed by atoms with E-state index in [0.717, 1.165) is 12.3 Å². The summed E-state index contributed by atoms with van der Waals surface area (Å²) in [6.07, 6.45) is 0.999. The molecule has 0 radical (unpaired) electrons. The summed E-state index contributed by atoms with van der Waals surface area (Å²) in [5.74, 6) is -1.38. The summed E-state index contributed by atoms with van der Waals surface area (Å²) in [7, 11) is 0. The molecule has 0 amide bonds. The number of carbonyl (C=O) groups is 1. The topological polar surface area (TPSA) is 96.4 Å². The summed E-state index contributed by atoms with van der Waals surface area (Å²) < 4.78 is 0. The standard InChI is InChI=1S/C6H6N2O3.C2H6/c7-3-1-4(6(10)11)8-2-5(3)9;1-2/h1-2,9H,(H2,7,8)(H,10,11);1-2H3. The van der Waals surface area contributed by atoms with Gasteiger partial charge in [-0.1, -0.05) is 13.8 Å². The molecule has 0 saturated heterocycles. The fraction of sp³-hybridized carbons (Fsp3) is 0.250. The minimum Gasteiger partial charge on any atom is -0.504 e. The van der Waals surface area contributed by atoms with E-state index in [1.807, 2.05) is 13.8 Å². The summed E-state index contributed by atoms with van der Waals surface area (Å²) in [6, 6.07) is 1.09. The molecule has 13 heavy (non-hydrogen) atoms. The van der Waals surface area contributed by atoms with Gasteiger partial charge in [-0.2, -0.15) is 0 Å². The van der Waals surface area contributed by atoms with E-state index in [1.54, 1.807) is 0 Å². The average Bonchev–Trinajstić information content (AvgIpc) is 2.13. The predicted octanol–water partition coefficient (Wildman–Crippen LogP) is 1.09. The van der Waals surface area contributed by atoms with Crippen molar-refractivity contribution in [3.8, 4) is 5.75 Å². The third-order valence-corrected chi connectivity index (χ3v) is 1.13. The summed E-state index contributed by atoms with van der Waals surface area (Å²) in [5, 5.41) is 17.2. The Labute approximate surface area is 75.8 Å². The number of anilines is 1. The zero-order chi connectivity index (χ0) is 10.4. The molecular formula is C8H12N2O3. The van der Waals surface area contributed by atoms with Gasteiger partial charge in [0, 0.05) is 0 Å². The zero-order valence-corrected chi connectivity index (χ0v) is 7.48. The second-order valence-corrected chi connectivity index (χ2v) is 1.93. The molecule has 0 saturated carbocycles. The van der Waals surface area contributed by atoms with Gasteiger partial charge in [-0.25, -0.2) is 9.78 Å². The van der Waals surface area contributed by atoms with E-state index in [-0.39, 0.29) is 17.1 Å².